The number of fused-ring (bicyclic) bond motifs is 1. The Morgan fingerprint density at radius 1 is 0.939 bits per heavy atom. The van der Waals surface area contributed by atoms with Gasteiger partial charge in [0.15, 0.2) is 21.3 Å². The van der Waals surface area contributed by atoms with Gasteiger partial charge in [0.2, 0.25) is 0 Å². The predicted molar refractivity (Wildman–Crippen MR) is 130 cm³/mol. The molecule has 7 nitrogen and oxygen atoms in total. The van der Waals surface area contributed by atoms with Crippen LogP contribution in [0.15, 0.2) is 71.8 Å². The first-order valence-electron chi connectivity index (χ1n) is 11.0. The van der Waals surface area contributed by atoms with Crippen LogP contribution in [0, 0.1) is 0 Å². The lowest BCUT2D eigenvalue weighted by molar-refractivity contribution is 0.313. The minimum Gasteiger partial charge on any atom is -0.369 e. The molecule has 2 aromatic carbocycles. The molecular formula is C25H27N5O2S. The van der Waals surface area contributed by atoms with E-state index in [1.165, 1.54) is 11.9 Å². The molecule has 0 bridgehead atoms. The van der Waals surface area contributed by atoms with Crippen LogP contribution in [0.5, 0.6) is 0 Å². The molecule has 5 rings (SSSR count). The Morgan fingerprint density at radius 2 is 1.70 bits per heavy atom. The smallest absolute Gasteiger partial charge is 0.175 e. The Labute approximate surface area is 194 Å². The van der Waals surface area contributed by atoms with Crippen LogP contribution in [0.4, 0.5) is 5.69 Å². The van der Waals surface area contributed by atoms with Gasteiger partial charge < -0.3 is 9.80 Å². The summed E-state index contributed by atoms with van der Waals surface area (Å²) in [6, 6.07) is 19.5. The van der Waals surface area contributed by atoms with Gasteiger partial charge in [0, 0.05) is 56.3 Å². The lowest BCUT2D eigenvalue weighted by atomic mass is 10.1. The summed E-state index contributed by atoms with van der Waals surface area (Å²) in [6.45, 7) is 4.27. The molecule has 1 fully saturated rings. The predicted octanol–water partition coefficient (Wildman–Crippen LogP) is 3.14. The number of likely N-dealkylation sites (N-methyl/N-ethyl adjacent to an activating group) is 1. The van der Waals surface area contributed by atoms with E-state index in [1.807, 2.05) is 24.4 Å². The zero-order valence-corrected chi connectivity index (χ0v) is 19.7. The molecule has 3 heterocycles. The van der Waals surface area contributed by atoms with Crippen LogP contribution in [0.1, 0.15) is 11.4 Å². The van der Waals surface area contributed by atoms with Crippen molar-refractivity contribution < 1.29 is 8.42 Å². The van der Waals surface area contributed by atoms with Gasteiger partial charge in [-0.1, -0.05) is 24.3 Å². The molecule has 0 saturated carbocycles. The number of nitrogens with zero attached hydrogens (tertiary/aromatic N) is 5. The van der Waals surface area contributed by atoms with E-state index in [4.69, 9.17) is 4.98 Å². The van der Waals surface area contributed by atoms with Crippen LogP contribution in [-0.2, 0) is 16.3 Å². The minimum atomic E-state index is -3.29. The van der Waals surface area contributed by atoms with Crippen molar-refractivity contribution in [2.45, 2.75) is 11.3 Å². The summed E-state index contributed by atoms with van der Waals surface area (Å²) in [7, 11) is -1.12. The molecule has 0 unspecified atom stereocenters. The van der Waals surface area contributed by atoms with E-state index in [2.05, 4.69) is 46.2 Å². The Bertz CT molecular complexity index is 1390. The maximum atomic E-state index is 12.0. The molecule has 33 heavy (non-hydrogen) atoms. The molecular weight excluding hydrogens is 434 g/mol. The van der Waals surface area contributed by atoms with Crippen molar-refractivity contribution in [3.05, 3.63) is 78.2 Å². The summed E-state index contributed by atoms with van der Waals surface area (Å²) >= 11 is 0. The zero-order chi connectivity index (χ0) is 23.0. The maximum absolute atomic E-state index is 12.0. The summed E-state index contributed by atoms with van der Waals surface area (Å²) in [5, 5.41) is 4.66. The summed E-state index contributed by atoms with van der Waals surface area (Å²) in [5.41, 5.74) is 4.78. The molecule has 1 aliphatic rings. The third kappa shape index (κ3) is 4.62. The quantitative estimate of drug-likeness (QED) is 0.455. The molecule has 4 aromatic rings. The van der Waals surface area contributed by atoms with Crippen LogP contribution in [0.2, 0.25) is 0 Å². The first-order chi connectivity index (χ1) is 15.9. The van der Waals surface area contributed by atoms with Crippen LogP contribution in [0.25, 0.3) is 16.8 Å². The topological polar surface area (TPSA) is 70.8 Å². The first-order valence-corrected chi connectivity index (χ1v) is 12.9. The van der Waals surface area contributed by atoms with Crippen molar-refractivity contribution in [3.63, 3.8) is 0 Å². The van der Waals surface area contributed by atoms with E-state index in [0.717, 1.165) is 48.7 Å². The van der Waals surface area contributed by atoms with E-state index < -0.39 is 9.84 Å². The average molecular weight is 462 g/mol. The number of rotatable bonds is 5. The van der Waals surface area contributed by atoms with Crippen molar-refractivity contribution in [3.8, 4) is 11.1 Å². The Hall–Kier alpha value is -3.23. The number of piperazine rings is 1. The molecule has 1 saturated heterocycles. The average Bonchev–Trinajstić information content (AvgIpc) is 3.22. The van der Waals surface area contributed by atoms with E-state index in [9.17, 15) is 8.42 Å². The van der Waals surface area contributed by atoms with Crippen LogP contribution in [-0.4, -0.2) is 67.4 Å². The molecule has 8 heteroatoms. The number of sulfone groups is 1. The number of hydrogen-bond acceptors (Lipinski definition) is 6. The second-order valence-corrected chi connectivity index (χ2v) is 10.7. The van der Waals surface area contributed by atoms with Gasteiger partial charge in [-0.3, -0.25) is 0 Å². The summed E-state index contributed by atoms with van der Waals surface area (Å²) in [6.07, 6.45) is 3.72. The molecule has 0 N–H and O–H groups in total. The third-order valence-corrected chi connectivity index (χ3v) is 7.26. The lowest BCUT2D eigenvalue weighted by Gasteiger charge is -2.34. The SMILES string of the molecule is CN1CCN(c2ccc(Cc3nc4c(-c5cccc(S(C)(=O)=O)c5)cccn4n3)cc2)CC1. The van der Waals surface area contributed by atoms with Gasteiger partial charge in [0.1, 0.15) is 0 Å². The third-order valence-electron chi connectivity index (χ3n) is 6.15. The molecule has 0 atom stereocenters. The second kappa shape index (κ2) is 8.61. The van der Waals surface area contributed by atoms with Crippen LogP contribution >= 0.6 is 0 Å². The van der Waals surface area contributed by atoms with E-state index >= 15 is 0 Å². The van der Waals surface area contributed by atoms with Gasteiger partial charge in [-0.05, 0) is 54.6 Å². The normalized spacial score (nSPS) is 15.3. The summed E-state index contributed by atoms with van der Waals surface area (Å²) < 4.78 is 25.7. The Balaban J connectivity index is 1.40. The molecule has 0 aliphatic carbocycles. The zero-order valence-electron chi connectivity index (χ0n) is 18.8. The molecule has 2 aromatic heterocycles. The fraction of sp³-hybridized carbons (Fsp3) is 0.280. The minimum absolute atomic E-state index is 0.294. The van der Waals surface area contributed by atoms with Crippen LogP contribution in [0.3, 0.4) is 0 Å². The lowest BCUT2D eigenvalue weighted by Crippen LogP contribution is -2.44. The number of pyridine rings is 1. The van der Waals surface area contributed by atoms with E-state index in [1.54, 1.807) is 22.7 Å². The van der Waals surface area contributed by atoms with Crippen molar-refractivity contribution in [2.75, 3.05) is 44.4 Å². The number of benzene rings is 2. The second-order valence-electron chi connectivity index (χ2n) is 8.65. The van der Waals surface area contributed by atoms with Crippen LogP contribution < -0.4 is 4.90 Å². The van der Waals surface area contributed by atoms with Gasteiger partial charge in [-0.2, -0.15) is 5.10 Å². The highest BCUT2D eigenvalue weighted by Crippen LogP contribution is 2.26. The Kier molecular flexibility index (Phi) is 5.64. The van der Waals surface area contributed by atoms with Crippen molar-refractivity contribution in [1.82, 2.24) is 19.5 Å². The van der Waals surface area contributed by atoms with E-state index in [0.29, 0.717) is 17.0 Å². The molecule has 1 aliphatic heterocycles. The molecule has 0 spiro atoms. The summed E-state index contributed by atoms with van der Waals surface area (Å²) in [5.74, 6) is 0.731. The monoisotopic (exact) mass is 461 g/mol. The standard InChI is InChI=1S/C25H27N5O2S/c1-28-13-15-29(16-14-28)21-10-8-19(9-11-21)17-24-26-25-23(7-4-12-30(25)27-24)20-5-3-6-22(18-20)33(2,31)32/h3-12,18H,13-17H2,1-2H3. The number of hydrogen-bond donors (Lipinski definition) is 0. The van der Waals surface area contributed by atoms with Crippen molar-refractivity contribution in [2.24, 2.45) is 0 Å². The largest absolute Gasteiger partial charge is 0.369 e. The maximum Gasteiger partial charge on any atom is 0.175 e. The van der Waals surface area contributed by atoms with Gasteiger partial charge in [-0.25, -0.2) is 17.9 Å². The van der Waals surface area contributed by atoms with Crippen molar-refractivity contribution >= 4 is 21.2 Å². The number of anilines is 1. The fourth-order valence-corrected chi connectivity index (χ4v) is 4.88. The van der Waals surface area contributed by atoms with Gasteiger partial charge in [0.25, 0.3) is 0 Å². The summed E-state index contributed by atoms with van der Waals surface area (Å²) in [4.78, 5) is 9.85. The van der Waals surface area contributed by atoms with E-state index in [-0.39, 0.29) is 0 Å². The van der Waals surface area contributed by atoms with Gasteiger partial charge in [0.05, 0.1) is 4.90 Å². The fourth-order valence-electron chi connectivity index (χ4n) is 4.22. The molecule has 170 valence electrons. The molecule has 0 amide bonds. The first kappa shape index (κ1) is 21.6. The Morgan fingerprint density at radius 3 is 2.42 bits per heavy atom. The highest BCUT2D eigenvalue weighted by atomic mass is 32.2. The molecule has 0 radical (unpaired) electrons. The number of aromatic nitrogens is 3. The van der Waals surface area contributed by atoms with Gasteiger partial charge >= 0.3 is 0 Å². The van der Waals surface area contributed by atoms with Crippen molar-refractivity contribution in [1.29, 1.82) is 0 Å². The highest BCUT2D eigenvalue weighted by molar-refractivity contribution is 7.90. The van der Waals surface area contributed by atoms with Gasteiger partial charge in [-0.15, -0.1) is 0 Å². The highest BCUT2D eigenvalue weighted by Gasteiger charge is 2.15.